The van der Waals surface area contributed by atoms with E-state index >= 15 is 0 Å². The summed E-state index contributed by atoms with van der Waals surface area (Å²) < 4.78 is 5.35. The van der Waals surface area contributed by atoms with E-state index in [0.29, 0.717) is 5.92 Å². The Bertz CT molecular complexity index is 487. The van der Waals surface area contributed by atoms with Gasteiger partial charge in [0.25, 0.3) is 5.91 Å². The SMILES string of the molecule is Cl.O=C(NCCC1CCOCC1)c1ccc2c(c1)CCN2. The molecule has 0 spiro atoms. The number of halogens is 1. The van der Waals surface area contributed by atoms with Crippen LogP contribution in [0.25, 0.3) is 0 Å². The van der Waals surface area contributed by atoms with Gasteiger partial charge in [-0.2, -0.15) is 0 Å². The van der Waals surface area contributed by atoms with Crippen LogP contribution < -0.4 is 10.6 Å². The Morgan fingerprint density at radius 1 is 1.33 bits per heavy atom. The van der Waals surface area contributed by atoms with Gasteiger partial charge in [0.1, 0.15) is 0 Å². The Morgan fingerprint density at radius 3 is 2.95 bits per heavy atom. The second kappa shape index (κ2) is 7.66. The van der Waals surface area contributed by atoms with E-state index in [9.17, 15) is 4.79 Å². The van der Waals surface area contributed by atoms with E-state index in [2.05, 4.69) is 10.6 Å². The first-order chi connectivity index (χ1) is 9.83. The van der Waals surface area contributed by atoms with Crippen molar-refractivity contribution < 1.29 is 9.53 Å². The molecule has 0 atom stereocenters. The number of amides is 1. The quantitative estimate of drug-likeness (QED) is 0.899. The van der Waals surface area contributed by atoms with Crippen LogP contribution in [0, 0.1) is 5.92 Å². The predicted octanol–water partition coefficient (Wildman–Crippen LogP) is 2.62. The van der Waals surface area contributed by atoms with Crippen LogP contribution in [0.15, 0.2) is 18.2 Å². The number of anilines is 1. The minimum absolute atomic E-state index is 0. The second-order valence-electron chi connectivity index (χ2n) is 5.65. The number of nitrogens with one attached hydrogen (secondary N) is 2. The van der Waals surface area contributed by atoms with Gasteiger partial charge in [0.2, 0.25) is 0 Å². The molecule has 4 nitrogen and oxygen atoms in total. The molecule has 1 aromatic rings. The van der Waals surface area contributed by atoms with Gasteiger partial charge in [-0.3, -0.25) is 4.79 Å². The summed E-state index contributed by atoms with van der Waals surface area (Å²) in [5, 5.41) is 6.35. The number of carbonyl (C=O) groups excluding carboxylic acids is 1. The third-order valence-electron chi connectivity index (χ3n) is 4.26. The van der Waals surface area contributed by atoms with Crippen LogP contribution in [0.3, 0.4) is 0 Å². The summed E-state index contributed by atoms with van der Waals surface area (Å²) in [4.78, 5) is 12.1. The van der Waals surface area contributed by atoms with Gasteiger partial charge < -0.3 is 15.4 Å². The number of carbonyl (C=O) groups is 1. The van der Waals surface area contributed by atoms with Crippen LogP contribution in [-0.4, -0.2) is 32.2 Å². The third-order valence-corrected chi connectivity index (χ3v) is 4.26. The lowest BCUT2D eigenvalue weighted by molar-refractivity contribution is 0.0636. The Hall–Kier alpha value is -1.26. The van der Waals surface area contributed by atoms with E-state index in [4.69, 9.17) is 4.74 Å². The monoisotopic (exact) mass is 310 g/mol. The molecule has 2 heterocycles. The van der Waals surface area contributed by atoms with E-state index in [1.54, 1.807) is 0 Å². The molecule has 5 heteroatoms. The molecule has 0 radical (unpaired) electrons. The van der Waals surface area contributed by atoms with Gasteiger partial charge in [-0.15, -0.1) is 12.4 Å². The van der Waals surface area contributed by atoms with E-state index in [1.165, 1.54) is 11.3 Å². The number of benzene rings is 1. The standard InChI is InChI=1S/C16H22N2O2.ClH/c19-16(18-7-3-12-5-9-20-10-6-12)14-1-2-15-13(11-14)4-8-17-15;/h1-2,11-12,17H,3-10H2,(H,18,19);1H. The van der Waals surface area contributed by atoms with E-state index in [0.717, 1.165) is 57.6 Å². The summed E-state index contributed by atoms with van der Waals surface area (Å²) in [6, 6.07) is 5.93. The molecule has 3 rings (SSSR count). The highest BCUT2D eigenvalue weighted by Crippen LogP contribution is 2.23. The molecular formula is C16H23ClN2O2. The Balaban J connectivity index is 0.00000161. The van der Waals surface area contributed by atoms with Crippen molar-refractivity contribution in [1.29, 1.82) is 0 Å². The maximum Gasteiger partial charge on any atom is 0.251 e. The zero-order valence-corrected chi connectivity index (χ0v) is 13.0. The zero-order chi connectivity index (χ0) is 13.8. The van der Waals surface area contributed by atoms with Gasteiger partial charge in [-0.25, -0.2) is 0 Å². The molecule has 1 amide bonds. The smallest absolute Gasteiger partial charge is 0.251 e. The molecule has 0 bridgehead atoms. The van der Waals surface area contributed by atoms with Gasteiger partial charge in [-0.05, 0) is 55.4 Å². The predicted molar refractivity (Wildman–Crippen MR) is 86.4 cm³/mol. The molecule has 1 saturated heterocycles. The highest BCUT2D eigenvalue weighted by atomic mass is 35.5. The largest absolute Gasteiger partial charge is 0.384 e. The summed E-state index contributed by atoms with van der Waals surface area (Å²) in [6.07, 6.45) is 4.32. The lowest BCUT2D eigenvalue weighted by atomic mass is 9.96. The number of ether oxygens (including phenoxy) is 1. The minimum Gasteiger partial charge on any atom is -0.384 e. The first-order valence-corrected chi connectivity index (χ1v) is 7.55. The minimum atomic E-state index is 0. The van der Waals surface area contributed by atoms with Crippen molar-refractivity contribution in [2.45, 2.75) is 25.7 Å². The molecule has 2 aliphatic heterocycles. The lowest BCUT2D eigenvalue weighted by Gasteiger charge is -2.21. The van der Waals surface area contributed by atoms with Crippen LogP contribution in [0.1, 0.15) is 35.2 Å². The van der Waals surface area contributed by atoms with Crippen molar-refractivity contribution in [3.05, 3.63) is 29.3 Å². The molecule has 116 valence electrons. The maximum atomic E-state index is 12.1. The highest BCUT2D eigenvalue weighted by molar-refractivity contribution is 5.95. The third kappa shape index (κ3) is 4.11. The van der Waals surface area contributed by atoms with Crippen molar-refractivity contribution in [1.82, 2.24) is 5.32 Å². The Kier molecular flexibility index (Phi) is 5.88. The molecule has 0 aliphatic carbocycles. The normalized spacial score (nSPS) is 17.5. The zero-order valence-electron chi connectivity index (χ0n) is 12.2. The van der Waals surface area contributed by atoms with Crippen LogP contribution in [-0.2, 0) is 11.2 Å². The molecule has 1 aromatic carbocycles. The molecule has 0 saturated carbocycles. The van der Waals surface area contributed by atoms with Gasteiger partial charge in [0.15, 0.2) is 0 Å². The molecule has 2 aliphatic rings. The van der Waals surface area contributed by atoms with Gasteiger partial charge >= 0.3 is 0 Å². The molecular weight excluding hydrogens is 288 g/mol. The topological polar surface area (TPSA) is 50.4 Å². The Labute approximate surface area is 132 Å². The van der Waals surface area contributed by atoms with Crippen molar-refractivity contribution in [2.24, 2.45) is 5.92 Å². The maximum absolute atomic E-state index is 12.1. The fourth-order valence-corrected chi connectivity index (χ4v) is 2.97. The fraction of sp³-hybridized carbons (Fsp3) is 0.562. The summed E-state index contributed by atoms with van der Waals surface area (Å²) in [7, 11) is 0. The summed E-state index contributed by atoms with van der Waals surface area (Å²) in [6.45, 7) is 3.48. The highest BCUT2D eigenvalue weighted by Gasteiger charge is 2.15. The summed E-state index contributed by atoms with van der Waals surface area (Å²) in [5.41, 5.74) is 3.20. The van der Waals surface area contributed by atoms with Crippen molar-refractivity contribution in [3.8, 4) is 0 Å². The van der Waals surface area contributed by atoms with Gasteiger partial charge in [-0.1, -0.05) is 0 Å². The summed E-state index contributed by atoms with van der Waals surface area (Å²) in [5.74, 6) is 0.750. The van der Waals surface area contributed by atoms with Crippen molar-refractivity contribution in [3.63, 3.8) is 0 Å². The van der Waals surface area contributed by atoms with E-state index in [1.807, 2.05) is 18.2 Å². The molecule has 2 N–H and O–H groups in total. The summed E-state index contributed by atoms with van der Waals surface area (Å²) >= 11 is 0. The van der Waals surface area contributed by atoms with Crippen LogP contribution in [0.4, 0.5) is 5.69 Å². The Morgan fingerprint density at radius 2 is 2.14 bits per heavy atom. The number of rotatable bonds is 4. The molecule has 0 unspecified atom stereocenters. The van der Waals surface area contributed by atoms with Crippen LogP contribution >= 0.6 is 12.4 Å². The van der Waals surface area contributed by atoms with Crippen molar-refractivity contribution >= 4 is 24.0 Å². The average Bonchev–Trinajstić information content (AvgIpc) is 2.95. The number of hydrogen-bond acceptors (Lipinski definition) is 3. The van der Waals surface area contributed by atoms with E-state index in [-0.39, 0.29) is 18.3 Å². The average molecular weight is 311 g/mol. The second-order valence-corrected chi connectivity index (χ2v) is 5.65. The first-order valence-electron chi connectivity index (χ1n) is 7.55. The van der Waals surface area contributed by atoms with Gasteiger partial charge in [0, 0.05) is 37.6 Å². The van der Waals surface area contributed by atoms with Gasteiger partial charge in [0.05, 0.1) is 0 Å². The van der Waals surface area contributed by atoms with Crippen LogP contribution in [0.5, 0.6) is 0 Å². The van der Waals surface area contributed by atoms with Crippen LogP contribution in [0.2, 0.25) is 0 Å². The first kappa shape index (κ1) is 16.1. The lowest BCUT2D eigenvalue weighted by Crippen LogP contribution is -2.27. The van der Waals surface area contributed by atoms with E-state index < -0.39 is 0 Å². The fourth-order valence-electron chi connectivity index (χ4n) is 2.97. The van der Waals surface area contributed by atoms with Crippen molar-refractivity contribution in [2.75, 3.05) is 31.6 Å². The molecule has 21 heavy (non-hydrogen) atoms. The molecule has 0 aromatic heterocycles. The molecule has 1 fully saturated rings. The number of hydrogen-bond donors (Lipinski definition) is 2. The number of fused-ring (bicyclic) bond motifs is 1.